The van der Waals surface area contributed by atoms with E-state index >= 15 is 0 Å². The van der Waals surface area contributed by atoms with E-state index in [2.05, 4.69) is 46.9 Å². The Morgan fingerprint density at radius 1 is 0.850 bits per heavy atom. The smallest absolute Gasteiger partial charge is 0.362 e. The average molecular weight is 560 g/mol. The lowest BCUT2D eigenvalue weighted by atomic mass is 9.77. The van der Waals surface area contributed by atoms with Gasteiger partial charge in [-0.3, -0.25) is 0 Å². The van der Waals surface area contributed by atoms with Gasteiger partial charge in [0.25, 0.3) is 0 Å². The number of hydrogen-bond donors (Lipinski definition) is 1. The highest BCUT2D eigenvalue weighted by Gasteiger charge is 2.37. The molecule has 1 aromatic heterocycles. The van der Waals surface area contributed by atoms with Crippen molar-refractivity contribution in [1.82, 2.24) is 4.98 Å². The van der Waals surface area contributed by atoms with E-state index in [4.69, 9.17) is 24.0 Å². The summed E-state index contributed by atoms with van der Waals surface area (Å²) in [5, 5.41) is 10.1. The zero-order valence-electron chi connectivity index (χ0n) is 22.6. The first-order chi connectivity index (χ1) is 19.7. The third-order valence-corrected chi connectivity index (χ3v) is 6.79. The predicted molar refractivity (Wildman–Crippen MR) is 157 cm³/mol. The maximum atomic E-state index is 12.8. The summed E-state index contributed by atoms with van der Waals surface area (Å²) in [7, 11) is 1.61. The molecule has 0 atom stereocenters. The summed E-state index contributed by atoms with van der Waals surface area (Å²) in [5.74, 6) is -0.611. The lowest BCUT2D eigenvalue weighted by Crippen LogP contribution is -2.38. The van der Waals surface area contributed by atoms with Crippen LogP contribution in [0.25, 0.3) is 0 Å². The highest BCUT2D eigenvalue weighted by atomic mass is 32.1. The number of nitrogens with zero attached hydrogens (tertiary/aromatic N) is 2. The van der Waals surface area contributed by atoms with Crippen LogP contribution in [0.3, 0.4) is 0 Å². The van der Waals surface area contributed by atoms with Gasteiger partial charge in [0.05, 0.1) is 26.4 Å². The molecule has 0 saturated heterocycles. The summed E-state index contributed by atoms with van der Waals surface area (Å²) < 4.78 is 15.6. The fraction of sp³-hybridized carbons (Fsp3) is 0.258. The molecule has 0 aliphatic rings. The maximum Gasteiger partial charge on any atom is 0.362 e. The average Bonchev–Trinajstić information content (AvgIpc) is 3.46. The summed E-state index contributed by atoms with van der Waals surface area (Å²) in [6, 6.07) is 30.7. The number of carbonyl (C=O) groups is 1. The first-order valence-corrected chi connectivity index (χ1v) is 13.9. The third kappa shape index (κ3) is 7.12. The van der Waals surface area contributed by atoms with E-state index in [0.29, 0.717) is 30.6 Å². The molecule has 4 aromatic rings. The molecular weight excluding hydrogens is 526 g/mol. The Hall–Kier alpha value is -4.05. The van der Waals surface area contributed by atoms with Crippen LogP contribution >= 0.6 is 11.3 Å². The van der Waals surface area contributed by atoms with Crippen molar-refractivity contribution in [3.05, 3.63) is 119 Å². The molecule has 0 unspecified atom stereocenters. The molecule has 0 bridgehead atoms. The first kappa shape index (κ1) is 28.9. The van der Waals surface area contributed by atoms with Gasteiger partial charge in [0.15, 0.2) is 5.13 Å². The number of aromatic nitrogens is 1. The molecule has 9 heteroatoms. The topological polar surface area (TPSA) is 91.3 Å². The maximum absolute atomic E-state index is 12.8. The highest BCUT2D eigenvalue weighted by Crippen LogP contribution is 2.40. The second kappa shape index (κ2) is 14.9. The lowest BCUT2D eigenvalue weighted by Gasteiger charge is -2.36. The van der Waals surface area contributed by atoms with Crippen LogP contribution in [0, 0.1) is 0 Å². The molecule has 1 N–H and O–H groups in total. The highest BCUT2D eigenvalue weighted by molar-refractivity contribution is 7.14. The predicted octanol–water partition coefficient (Wildman–Crippen LogP) is 5.49. The van der Waals surface area contributed by atoms with Gasteiger partial charge in [0, 0.05) is 12.5 Å². The Balaban J connectivity index is 1.68. The number of oxime groups is 1. The van der Waals surface area contributed by atoms with Gasteiger partial charge in [-0.1, -0.05) is 96.2 Å². The SMILES string of the molecule is CCOC(=O)C(=NOCCOCCOC)c1csc(NC(c2ccccc2)(c2ccccc2)c2ccccc2)n1. The number of carbonyl (C=O) groups excluding carboxylic acids is 1. The molecule has 0 radical (unpaired) electrons. The summed E-state index contributed by atoms with van der Waals surface area (Å²) >= 11 is 1.37. The van der Waals surface area contributed by atoms with Crippen LogP contribution in [0.2, 0.25) is 0 Å². The number of nitrogens with one attached hydrogen (secondary N) is 1. The van der Waals surface area contributed by atoms with Crippen LogP contribution in [0.1, 0.15) is 29.3 Å². The summed E-state index contributed by atoms with van der Waals surface area (Å²) in [5.41, 5.74) is 2.72. The number of anilines is 1. The molecule has 4 rings (SSSR count). The monoisotopic (exact) mass is 559 g/mol. The van der Waals surface area contributed by atoms with E-state index in [9.17, 15) is 4.79 Å². The Labute approximate surface area is 238 Å². The molecule has 1 heterocycles. The van der Waals surface area contributed by atoms with Gasteiger partial charge >= 0.3 is 5.97 Å². The van der Waals surface area contributed by atoms with Crippen molar-refractivity contribution in [1.29, 1.82) is 0 Å². The van der Waals surface area contributed by atoms with Gasteiger partial charge in [-0.2, -0.15) is 0 Å². The summed E-state index contributed by atoms with van der Waals surface area (Å²) in [6.07, 6.45) is 0. The van der Waals surface area contributed by atoms with Crippen molar-refractivity contribution in [2.45, 2.75) is 12.5 Å². The standard InChI is InChI=1S/C31H33N3O5S/c1-3-38-29(35)28(34-39-22-21-37-20-19-36-2)27-23-40-30(32-27)33-31(24-13-7-4-8-14-24,25-15-9-5-10-16-25)26-17-11-6-12-18-26/h4-18,23H,3,19-22H2,1-2H3,(H,32,33). The normalized spacial score (nSPS) is 11.7. The second-order valence-corrected chi connectivity index (χ2v) is 9.47. The Morgan fingerprint density at radius 3 is 1.93 bits per heavy atom. The van der Waals surface area contributed by atoms with Gasteiger partial charge in [0.2, 0.25) is 5.71 Å². The van der Waals surface area contributed by atoms with Crippen molar-refractivity contribution >= 4 is 28.1 Å². The molecule has 0 aliphatic carbocycles. The zero-order chi connectivity index (χ0) is 28.0. The van der Waals surface area contributed by atoms with Crippen molar-refractivity contribution in [2.24, 2.45) is 5.16 Å². The fourth-order valence-corrected chi connectivity index (χ4v) is 4.97. The van der Waals surface area contributed by atoms with E-state index < -0.39 is 11.5 Å². The van der Waals surface area contributed by atoms with Crippen LogP contribution < -0.4 is 5.32 Å². The Bertz CT molecular complexity index is 1250. The van der Waals surface area contributed by atoms with Gasteiger partial charge in [-0.25, -0.2) is 9.78 Å². The van der Waals surface area contributed by atoms with E-state index in [-0.39, 0.29) is 18.9 Å². The minimum atomic E-state index is -0.754. The van der Waals surface area contributed by atoms with Crippen LogP contribution in [-0.4, -0.2) is 56.8 Å². The first-order valence-electron chi connectivity index (χ1n) is 13.0. The molecule has 0 amide bonds. The number of benzene rings is 3. The van der Waals surface area contributed by atoms with Crippen LogP contribution in [0.5, 0.6) is 0 Å². The molecule has 0 aliphatic heterocycles. The molecule has 0 spiro atoms. The molecule has 3 aromatic carbocycles. The number of thiazole rings is 1. The van der Waals surface area contributed by atoms with Crippen molar-refractivity contribution < 1.29 is 23.8 Å². The largest absolute Gasteiger partial charge is 0.461 e. The van der Waals surface area contributed by atoms with Crippen molar-refractivity contribution in [2.75, 3.05) is 45.5 Å². The van der Waals surface area contributed by atoms with Gasteiger partial charge in [-0.15, -0.1) is 11.3 Å². The van der Waals surface area contributed by atoms with Crippen molar-refractivity contribution in [3.8, 4) is 0 Å². The lowest BCUT2D eigenvalue weighted by molar-refractivity contribution is -0.135. The van der Waals surface area contributed by atoms with E-state index in [1.165, 1.54) is 11.3 Å². The zero-order valence-corrected chi connectivity index (χ0v) is 23.4. The van der Waals surface area contributed by atoms with E-state index in [1.54, 1.807) is 19.4 Å². The fourth-order valence-electron chi connectivity index (χ4n) is 4.22. The minimum Gasteiger partial charge on any atom is -0.461 e. The van der Waals surface area contributed by atoms with Crippen LogP contribution in [0.15, 0.2) is 102 Å². The van der Waals surface area contributed by atoms with Gasteiger partial charge < -0.3 is 24.4 Å². The number of hydrogen-bond acceptors (Lipinski definition) is 9. The number of rotatable bonds is 15. The summed E-state index contributed by atoms with van der Waals surface area (Å²) in [6.45, 7) is 3.35. The molecule has 208 valence electrons. The van der Waals surface area contributed by atoms with Crippen LogP contribution in [-0.2, 0) is 29.4 Å². The molecule has 0 fully saturated rings. The third-order valence-electron chi connectivity index (χ3n) is 6.04. The molecule has 8 nitrogen and oxygen atoms in total. The molecule has 40 heavy (non-hydrogen) atoms. The Kier molecular flexibility index (Phi) is 10.8. The number of esters is 1. The van der Waals surface area contributed by atoms with Crippen molar-refractivity contribution in [3.63, 3.8) is 0 Å². The van der Waals surface area contributed by atoms with E-state index in [1.807, 2.05) is 54.6 Å². The number of ether oxygens (including phenoxy) is 3. The quantitative estimate of drug-likeness (QED) is 0.0677. The van der Waals surface area contributed by atoms with Gasteiger partial charge in [-0.05, 0) is 23.6 Å². The Morgan fingerprint density at radius 2 is 1.40 bits per heavy atom. The van der Waals surface area contributed by atoms with E-state index in [0.717, 1.165) is 16.7 Å². The van der Waals surface area contributed by atoms with Gasteiger partial charge in [0.1, 0.15) is 17.8 Å². The molecular formula is C31H33N3O5S. The summed E-state index contributed by atoms with van der Waals surface area (Å²) in [4.78, 5) is 22.9. The second-order valence-electron chi connectivity index (χ2n) is 8.61. The minimum absolute atomic E-state index is 0.00669. The molecule has 0 saturated carbocycles. The van der Waals surface area contributed by atoms with Crippen LogP contribution in [0.4, 0.5) is 5.13 Å². The number of methoxy groups -OCH3 is 1.